The number of nitrogens with one attached hydrogen (secondary N) is 4. The minimum absolute atomic E-state index is 0.0228. The number of carbonyl (C=O) groups excluding carboxylic acids is 4. The summed E-state index contributed by atoms with van der Waals surface area (Å²) in [6.45, 7) is 0.558. The maximum absolute atomic E-state index is 13.8. The molecule has 6 bridgehead atoms. The molecule has 0 fully saturated rings. The van der Waals surface area contributed by atoms with Crippen LogP contribution in [0.5, 0.6) is 0 Å². The normalized spacial score (nSPS) is 15.3. The molecule has 0 saturated heterocycles. The summed E-state index contributed by atoms with van der Waals surface area (Å²) in [6.07, 6.45) is 6.53. The fraction of sp³-hybridized carbons (Fsp3) is 0.227. The smallest absolute Gasteiger partial charge is 0.251 e. The quantitative estimate of drug-likeness (QED) is 0.146. The first-order valence-electron chi connectivity index (χ1n) is 18.3. The Bertz CT molecular complexity index is 1860. The van der Waals surface area contributed by atoms with Crippen LogP contribution >= 0.6 is 7.92 Å². The molecule has 8 nitrogen and oxygen atoms in total. The Balaban J connectivity index is 1.28. The molecule has 4 N–H and O–H groups in total. The van der Waals surface area contributed by atoms with E-state index in [1.54, 1.807) is 6.07 Å². The predicted molar refractivity (Wildman–Crippen MR) is 215 cm³/mol. The molecular weight excluding hydrogens is 679 g/mol. The summed E-state index contributed by atoms with van der Waals surface area (Å²) in [5.41, 5.74) is 3.96. The van der Waals surface area contributed by atoms with E-state index in [1.807, 2.05) is 97.1 Å². The highest BCUT2D eigenvalue weighted by Crippen LogP contribution is 2.33. The Morgan fingerprint density at radius 2 is 0.811 bits per heavy atom. The van der Waals surface area contributed by atoms with Gasteiger partial charge in [-0.05, 0) is 90.3 Å². The van der Waals surface area contributed by atoms with Crippen LogP contribution in [-0.4, -0.2) is 23.6 Å². The summed E-state index contributed by atoms with van der Waals surface area (Å²) >= 11 is 0. The second kappa shape index (κ2) is 18.8. The van der Waals surface area contributed by atoms with Gasteiger partial charge in [-0.1, -0.05) is 111 Å². The van der Waals surface area contributed by atoms with Crippen LogP contribution in [0.4, 0.5) is 11.4 Å². The molecule has 0 spiro atoms. The summed E-state index contributed by atoms with van der Waals surface area (Å²) in [4.78, 5) is 52.7. The maximum Gasteiger partial charge on any atom is 0.251 e. The van der Waals surface area contributed by atoms with Gasteiger partial charge < -0.3 is 21.3 Å². The number of benzene rings is 5. The summed E-state index contributed by atoms with van der Waals surface area (Å²) in [7, 11) is -1.09. The second-order valence-corrected chi connectivity index (χ2v) is 15.5. The molecule has 270 valence electrons. The Hall–Kier alpha value is -5.59. The van der Waals surface area contributed by atoms with Crippen molar-refractivity contribution in [3.8, 4) is 0 Å². The van der Waals surface area contributed by atoms with E-state index in [-0.39, 0.29) is 36.7 Å². The van der Waals surface area contributed by atoms with Crippen molar-refractivity contribution in [3.05, 3.63) is 150 Å². The average molecular weight is 725 g/mol. The van der Waals surface area contributed by atoms with Crippen LogP contribution in [0.2, 0.25) is 0 Å². The molecule has 5 aromatic rings. The number of amides is 4. The topological polar surface area (TPSA) is 116 Å². The largest absolute Gasteiger partial charge is 0.348 e. The number of anilines is 2. The van der Waals surface area contributed by atoms with Crippen LogP contribution in [0, 0.1) is 0 Å². The monoisotopic (exact) mass is 724 g/mol. The lowest BCUT2D eigenvalue weighted by atomic mass is 10.1. The Morgan fingerprint density at radius 3 is 1.23 bits per heavy atom. The Morgan fingerprint density at radius 1 is 0.415 bits per heavy atom. The number of hydrogen-bond acceptors (Lipinski definition) is 4. The maximum atomic E-state index is 13.8. The molecule has 9 heteroatoms. The fourth-order valence-electron chi connectivity index (χ4n) is 6.31. The van der Waals surface area contributed by atoms with E-state index in [4.69, 9.17) is 0 Å². The van der Waals surface area contributed by atoms with Crippen LogP contribution in [0.3, 0.4) is 0 Å². The lowest BCUT2D eigenvalue weighted by molar-refractivity contribution is -0.117. The number of rotatable bonds is 3. The van der Waals surface area contributed by atoms with E-state index in [1.165, 1.54) is 0 Å². The molecule has 4 aliphatic heterocycles. The summed E-state index contributed by atoms with van der Waals surface area (Å²) in [5, 5.41) is 15.1. The van der Waals surface area contributed by atoms with Gasteiger partial charge in [0.2, 0.25) is 11.8 Å². The average Bonchev–Trinajstić information content (AvgIpc) is 3.18. The third-order valence-corrected chi connectivity index (χ3v) is 11.6. The molecule has 0 unspecified atom stereocenters. The molecular formula is C44H45N4O4P. The van der Waals surface area contributed by atoms with Crippen LogP contribution in [0.15, 0.2) is 127 Å². The molecule has 0 atom stereocenters. The van der Waals surface area contributed by atoms with Gasteiger partial charge in [-0.2, -0.15) is 0 Å². The van der Waals surface area contributed by atoms with Crippen molar-refractivity contribution in [2.75, 3.05) is 10.6 Å². The standard InChI is InChI=1S/C44H45N4O4P/c49-41-17-11-3-1-2-4-12-18-42(50)48-37-25-21-33(22-26-37)31-46-44(52)35-27-34(43(51)45-30-32-19-23-36(47-41)24-20-32)28-40(29-35)53(38-13-7-5-8-14-38)39-15-9-6-10-16-39/h5-10,13-16,19-29H,1-4,11-12,17-18,30-31H2,(H,45,51)(H,46,52)(H,47,49)(H,48,50). The van der Waals surface area contributed by atoms with Gasteiger partial charge in [0.1, 0.15) is 0 Å². The molecule has 4 heterocycles. The van der Waals surface area contributed by atoms with Gasteiger partial charge in [0.15, 0.2) is 0 Å². The number of hydrogen-bond donors (Lipinski definition) is 4. The van der Waals surface area contributed by atoms with Crippen LogP contribution < -0.4 is 37.2 Å². The van der Waals surface area contributed by atoms with E-state index >= 15 is 0 Å². The van der Waals surface area contributed by atoms with E-state index in [2.05, 4.69) is 45.5 Å². The summed E-state index contributed by atoms with van der Waals surface area (Å²) in [5.74, 6) is -0.636. The zero-order valence-corrected chi connectivity index (χ0v) is 30.7. The van der Waals surface area contributed by atoms with Crippen molar-refractivity contribution < 1.29 is 19.2 Å². The van der Waals surface area contributed by atoms with Gasteiger partial charge in [0.25, 0.3) is 11.8 Å². The van der Waals surface area contributed by atoms with Crippen molar-refractivity contribution in [2.45, 2.75) is 64.5 Å². The molecule has 53 heavy (non-hydrogen) atoms. The molecule has 4 aliphatic rings. The van der Waals surface area contributed by atoms with Gasteiger partial charge in [-0.3, -0.25) is 19.2 Å². The van der Waals surface area contributed by atoms with Crippen molar-refractivity contribution in [3.63, 3.8) is 0 Å². The molecule has 0 aliphatic carbocycles. The second-order valence-electron chi connectivity index (χ2n) is 13.3. The SMILES string of the molecule is O=C1CCCCCCCCC(=O)Nc2ccc(cc2)CNC(=O)c2cc(cc(P(c3ccccc3)c3ccccc3)c2)C(=O)NCc2ccc(cc2)N1. The minimum atomic E-state index is -1.09. The first-order valence-corrected chi connectivity index (χ1v) is 19.6. The number of carbonyl (C=O) groups is 4. The van der Waals surface area contributed by atoms with Gasteiger partial charge in [-0.25, -0.2) is 0 Å². The molecule has 0 saturated carbocycles. The zero-order valence-electron chi connectivity index (χ0n) is 29.8. The Kier molecular flexibility index (Phi) is 13.2. The summed E-state index contributed by atoms with van der Waals surface area (Å²) in [6, 6.07) is 40.7. The van der Waals surface area contributed by atoms with Crippen molar-refractivity contribution in [2.24, 2.45) is 0 Å². The van der Waals surface area contributed by atoms with E-state index < -0.39 is 7.92 Å². The molecule has 4 amide bonds. The lowest BCUT2D eigenvalue weighted by Gasteiger charge is -2.21. The van der Waals surface area contributed by atoms with Gasteiger partial charge in [-0.15, -0.1) is 0 Å². The van der Waals surface area contributed by atoms with E-state index in [9.17, 15) is 19.2 Å². The summed E-state index contributed by atoms with van der Waals surface area (Å²) < 4.78 is 0. The highest BCUT2D eigenvalue weighted by atomic mass is 31.1. The third-order valence-electron chi connectivity index (χ3n) is 9.17. The fourth-order valence-corrected chi connectivity index (χ4v) is 8.68. The highest BCUT2D eigenvalue weighted by Gasteiger charge is 2.21. The molecule has 5 aromatic carbocycles. The third kappa shape index (κ3) is 11.0. The van der Waals surface area contributed by atoms with Gasteiger partial charge in [0, 0.05) is 48.4 Å². The lowest BCUT2D eigenvalue weighted by Crippen LogP contribution is -2.29. The van der Waals surface area contributed by atoms with Gasteiger partial charge in [0.05, 0.1) is 0 Å². The van der Waals surface area contributed by atoms with Crippen molar-refractivity contribution in [1.29, 1.82) is 0 Å². The molecule has 9 rings (SSSR count). The predicted octanol–water partition coefficient (Wildman–Crippen LogP) is 7.32. The van der Waals surface area contributed by atoms with Gasteiger partial charge >= 0.3 is 0 Å². The highest BCUT2D eigenvalue weighted by molar-refractivity contribution is 7.79. The van der Waals surface area contributed by atoms with Crippen molar-refractivity contribution in [1.82, 2.24) is 10.6 Å². The first kappa shape index (κ1) is 37.2. The van der Waals surface area contributed by atoms with E-state index in [0.717, 1.165) is 65.6 Å². The Labute approximate surface area is 312 Å². The van der Waals surface area contributed by atoms with Crippen LogP contribution in [0.25, 0.3) is 0 Å². The first-order chi connectivity index (χ1) is 25.9. The minimum Gasteiger partial charge on any atom is -0.348 e. The molecule has 0 radical (unpaired) electrons. The van der Waals surface area contributed by atoms with E-state index in [0.29, 0.717) is 35.3 Å². The molecule has 0 aromatic heterocycles. The zero-order chi connectivity index (χ0) is 36.8. The van der Waals surface area contributed by atoms with Crippen LogP contribution in [-0.2, 0) is 22.7 Å². The van der Waals surface area contributed by atoms with Crippen molar-refractivity contribution >= 4 is 58.8 Å². The van der Waals surface area contributed by atoms with Crippen LogP contribution in [0.1, 0.15) is 83.2 Å².